The monoisotopic (exact) mass is 340 g/mol. The van der Waals surface area contributed by atoms with Gasteiger partial charge in [-0.2, -0.15) is 4.31 Å². The first-order valence-corrected chi connectivity index (χ1v) is 9.58. The van der Waals surface area contributed by atoms with Gasteiger partial charge in [-0.05, 0) is 17.7 Å². The van der Waals surface area contributed by atoms with Gasteiger partial charge in [0.15, 0.2) is 0 Å². The standard InChI is InChI=1S/C11H17ClN2O4S2/c1-14(5-6-19(2,15)16)20(17,18)11-7-9(8-13)3-4-10(11)12/h3-4,7H,5-6,8,13H2,1-2H3. The van der Waals surface area contributed by atoms with E-state index in [-0.39, 0.29) is 28.8 Å². The summed E-state index contributed by atoms with van der Waals surface area (Å²) in [6.07, 6.45) is 1.05. The van der Waals surface area contributed by atoms with Crippen LogP contribution < -0.4 is 5.73 Å². The van der Waals surface area contributed by atoms with Crippen LogP contribution in [0.1, 0.15) is 5.56 Å². The van der Waals surface area contributed by atoms with Crippen molar-refractivity contribution in [2.45, 2.75) is 11.4 Å². The molecule has 1 aromatic rings. The summed E-state index contributed by atoms with van der Waals surface area (Å²) in [6.45, 7) is 0.0527. The SMILES string of the molecule is CN(CCS(C)(=O)=O)S(=O)(=O)c1cc(CN)ccc1Cl. The minimum atomic E-state index is -3.84. The van der Waals surface area contributed by atoms with E-state index in [9.17, 15) is 16.8 Å². The van der Waals surface area contributed by atoms with Gasteiger partial charge >= 0.3 is 0 Å². The smallest absolute Gasteiger partial charge is 0.244 e. The van der Waals surface area contributed by atoms with E-state index in [0.717, 1.165) is 10.6 Å². The van der Waals surface area contributed by atoms with E-state index in [1.165, 1.54) is 19.2 Å². The highest BCUT2D eigenvalue weighted by Crippen LogP contribution is 2.25. The van der Waals surface area contributed by atoms with E-state index in [2.05, 4.69) is 0 Å². The van der Waals surface area contributed by atoms with Gasteiger partial charge in [0.25, 0.3) is 0 Å². The number of halogens is 1. The second-order valence-electron chi connectivity index (χ2n) is 4.43. The Balaban J connectivity index is 3.10. The molecule has 0 radical (unpaired) electrons. The Morgan fingerprint density at radius 1 is 1.25 bits per heavy atom. The van der Waals surface area contributed by atoms with Gasteiger partial charge in [-0.25, -0.2) is 16.8 Å². The quantitative estimate of drug-likeness (QED) is 0.811. The Hall–Kier alpha value is -0.670. The largest absolute Gasteiger partial charge is 0.326 e. The first-order valence-electron chi connectivity index (χ1n) is 5.70. The molecule has 1 aromatic carbocycles. The maximum Gasteiger partial charge on any atom is 0.244 e. The molecule has 0 fully saturated rings. The minimum absolute atomic E-state index is 0.0712. The molecule has 2 N–H and O–H groups in total. The van der Waals surface area contributed by atoms with Crippen molar-refractivity contribution < 1.29 is 16.8 Å². The maximum absolute atomic E-state index is 12.3. The van der Waals surface area contributed by atoms with Crippen LogP contribution >= 0.6 is 11.6 Å². The van der Waals surface area contributed by atoms with Gasteiger partial charge in [-0.1, -0.05) is 17.7 Å². The van der Waals surface area contributed by atoms with Crippen molar-refractivity contribution in [2.24, 2.45) is 5.73 Å². The van der Waals surface area contributed by atoms with Crippen molar-refractivity contribution in [1.82, 2.24) is 4.31 Å². The zero-order chi connectivity index (χ0) is 15.6. The molecule has 0 saturated heterocycles. The Kier molecular flexibility index (Phi) is 5.56. The second-order valence-corrected chi connectivity index (χ2v) is 9.11. The molecule has 0 aromatic heterocycles. The van der Waals surface area contributed by atoms with Crippen LogP contribution in [0.15, 0.2) is 23.1 Å². The maximum atomic E-state index is 12.3. The first-order chi connectivity index (χ1) is 9.08. The van der Waals surface area contributed by atoms with Crippen molar-refractivity contribution in [3.05, 3.63) is 28.8 Å². The molecule has 1 rings (SSSR count). The number of nitrogens with two attached hydrogens (primary N) is 1. The Morgan fingerprint density at radius 3 is 2.35 bits per heavy atom. The van der Waals surface area contributed by atoms with Crippen LogP contribution in [0.25, 0.3) is 0 Å². The van der Waals surface area contributed by atoms with Crippen LogP contribution in [-0.4, -0.2) is 46.7 Å². The highest BCUT2D eigenvalue weighted by molar-refractivity contribution is 7.91. The lowest BCUT2D eigenvalue weighted by Gasteiger charge is -2.18. The van der Waals surface area contributed by atoms with E-state index < -0.39 is 19.9 Å². The molecule has 6 nitrogen and oxygen atoms in total. The zero-order valence-corrected chi connectivity index (χ0v) is 13.6. The molecular formula is C11H17ClN2O4S2. The molecule has 0 aliphatic heterocycles. The number of sulfonamides is 1. The molecule has 114 valence electrons. The van der Waals surface area contributed by atoms with Crippen LogP contribution in [0.2, 0.25) is 5.02 Å². The lowest BCUT2D eigenvalue weighted by Crippen LogP contribution is -2.31. The van der Waals surface area contributed by atoms with Crippen molar-refractivity contribution in [1.29, 1.82) is 0 Å². The molecule has 9 heteroatoms. The van der Waals surface area contributed by atoms with Crippen LogP contribution in [0.5, 0.6) is 0 Å². The zero-order valence-electron chi connectivity index (χ0n) is 11.2. The lowest BCUT2D eigenvalue weighted by atomic mass is 10.2. The van der Waals surface area contributed by atoms with Crippen LogP contribution in [0.4, 0.5) is 0 Å². The van der Waals surface area contributed by atoms with E-state index in [4.69, 9.17) is 17.3 Å². The van der Waals surface area contributed by atoms with Gasteiger partial charge in [0.2, 0.25) is 10.0 Å². The number of hydrogen-bond donors (Lipinski definition) is 1. The number of rotatable bonds is 6. The fraction of sp³-hybridized carbons (Fsp3) is 0.455. The van der Waals surface area contributed by atoms with E-state index in [0.29, 0.717) is 5.56 Å². The Bertz CT molecular complexity index is 686. The third-order valence-electron chi connectivity index (χ3n) is 2.70. The Labute approximate surface area is 124 Å². The molecule has 0 bridgehead atoms. The van der Waals surface area contributed by atoms with Gasteiger partial charge in [0.1, 0.15) is 14.7 Å². The fourth-order valence-electron chi connectivity index (χ4n) is 1.45. The summed E-state index contributed by atoms with van der Waals surface area (Å²) in [5, 5.41) is 0.0772. The second kappa shape index (κ2) is 6.40. The third kappa shape index (κ3) is 4.42. The highest BCUT2D eigenvalue weighted by atomic mass is 35.5. The van der Waals surface area contributed by atoms with Gasteiger partial charge in [-0.3, -0.25) is 0 Å². The molecule has 0 heterocycles. The molecule has 0 aliphatic carbocycles. The minimum Gasteiger partial charge on any atom is -0.326 e. The van der Waals surface area contributed by atoms with Gasteiger partial charge in [0, 0.05) is 26.4 Å². The summed E-state index contributed by atoms with van der Waals surface area (Å²) in [4.78, 5) is -0.0712. The lowest BCUT2D eigenvalue weighted by molar-refractivity contribution is 0.485. The highest BCUT2D eigenvalue weighted by Gasteiger charge is 2.24. The molecule has 0 aliphatic rings. The average Bonchev–Trinajstić information content (AvgIpc) is 2.35. The number of benzene rings is 1. The van der Waals surface area contributed by atoms with Gasteiger partial charge < -0.3 is 5.73 Å². The van der Waals surface area contributed by atoms with Crippen LogP contribution in [0.3, 0.4) is 0 Å². The fourth-order valence-corrected chi connectivity index (χ4v) is 3.87. The Morgan fingerprint density at radius 2 is 1.85 bits per heavy atom. The number of nitrogens with zero attached hydrogens (tertiary/aromatic N) is 1. The first kappa shape index (κ1) is 17.4. The summed E-state index contributed by atoms with van der Waals surface area (Å²) >= 11 is 5.91. The molecule has 0 spiro atoms. The topological polar surface area (TPSA) is 97.5 Å². The van der Waals surface area contributed by atoms with Crippen molar-refractivity contribution >= 4 is 31.5 Å². The van der Waals surface area contributed by atoms with Crippen LogP contribution in [0, 0.1) is 0 Å². The molecule has 20 heavy (non-hydrogen) atoms. The predicted molar refractivity (Wildman–Crippen MR) is 78.9 cm³/mol. The summed E-state index contributed by atoms with van der Waals surface area (Å²) in [5.74, 6) is -0.253. The molecule has 0 atom stereocenters. The summed E-state index contributed by atoms with van der Waals surface area (Å²) < 4.78 is 47.9. The molecule has 0 unspecified atom stereocenters. The molecule has 0 amide bonds. The average molecular weight is 341 g/mol. The van der Waals surface area contributed by atoms with Gasteiger partial charge in [-0.15, -0.1) is 0 Å². The number of hydrogen-bond acceptors (Lipinski definition) is 5. The predicted octanol–water partition coefficient (Wildman–Crippen LogP) is 0.464. The van der Waals surface area contributed by atoms with E-state index in [1.807, 2.05) is 0 Å². The van der Waals surface area contributed by atoms with Crippen molar-refractivity contribution in [3.63, 3.8) is 0 Å². The summed E-state index contributed by atoms with van der Waals surface area (Å²) in [7, 11) is -5.78. The summed E-state index contributed by atoms with van der Waals surface area (Å²) in [5.41, 5.74) is 6.10. The van der Waals surface area contributed by atoms with Crippen molar-refractivity contribution in [2.75, 3.05) is 25.6 Å². The summed E-state index contributed by atoms with van der Waals surface area (Å²) in [6, 6.07) is 4.49. The van der Waals surface area contributed by atoms with Crippen LogP contribution in [-0.2, 0) is 26.4 Å². The van der Waals surface area contributed by atoms with E-state index >= 15 is 0 Å². The molecule has 0 saturated carbocycles. The molecular weight excluding hydrogens is 324 g/mol. The van der Waals surface area contributed by atoms with Crippen molar-refractivity contribution in [3.8, 4) is 0 Å². The third-order valence-corrected chi connectivity index (χ3v) is 5.96. The van der Waals surface area contributed by atoms with E-state index in [1.54, 1.807) is 6.07 Å². The van der Waals surface area contributed by atoms with Gasteiger partial charge in [0.05, 0.1) is 10.8 Å². The number of sulfone groups is 1. The normalized spacial score (nSPS) is 12.8.